The second-order valence-electron chi connectivity index (χ2n) is 7.92. The molecule has 31 heavy (non-hydrogen) atoms. The molecule has 0 saturated carbocycles. The van der Waals surface area contributed by atoms with Gasteiger partial charge in [-0.25, -0.2) is 4.98 Å². The van der Waals surface area contributed by atoms with Crippen molar-refractivity contribution < 1.29 is 4.92 Å². The van der Waals surface area contributed by atoms with E-state index in [0.717, 1.165) is 74.8 Å². The van der Waals surface area contributed by atoms with Gasteiger partial charge >= 0.3 is 0 Å². The number of nitrogens with zero attached hydrogens (tertiary/aromatic N) is 4. The summed E-state index contributed by atoms with van der Waals surface area (Å²) in [6, 6.07) is 13.4. The Morgan fingerprint density at radius 2 is 1.94 bits per heavy atom. The number of rotatable bonds is 8. The fourth-order valence-corrected chi connectivity index (χ4v) is 3.79. The molecular formula is C23H32N6O2. The van der Waals surface area contributed by atoms with Crippen molar-refractivity contribution in [2.45, 2.75) is 45.1 Å². The van der Waals surface area contributed by atoms with Gasteiger partial charge in [0.25, 0.3) is 5.69 Å². The Morgan fingerprint density at radius 3 is 2.58 bits per heavy atom. The van der Waals surface area contributed by atoms with Crippen molar-refractivity contribution in [1.29, 1.82) is 0 Å². The zero-order valence-corrected chi connectivity index (χ0v) is 18.4. The second-order valence-corrected chi connectivity index (χ2v) is 7.92. The van der Waals surface area contributed by atoms with Crippen LogP contribution in [-0.2, 0) is 6.42 Å². The van der Waals surface area contributed by atoms with Crippen LogP contribution in [0.4, 0.5) is 11.5 Å². The van der Waals surface area contributed by atoms with Gasteiger partial charge in [0.15, 0.2) is 5.96 Å². The van der Waals surface area contributed by atoms with E-state index < -0.39 is 0 Å². The van der Waals surface area contributed by atoms with E-state index in [1.807, 2.05) is 25.1 Å². The summed E-state index contributed by atoms with van der Waals surface area (Å²) in [5, 5.41) is 17.7. The summed E-state index contributed by atoms with van der Waals surface area (Å²) in [6.45, 7) is 4.85. The van der Waals surface area contributed by atoms with E-state index in [1.54, 1.807) is 19.2 Å². The maximum Gasteiger partial charge on any atom is 0.269 e. The summed E-state index contributed by atoms with van der Waals surface area (Å²) in [6.07, 6.45) is 5.04. The van der Waals surface area contributed by atoms with Crippen molar-refractivity contribution in [3.63, 3.8) is 0 Å². The molecule has 0 radical (unpaired) electrons. The monoisotopic (exact) mass is 424 g/mol. The quantitative estimate of drug-likeness (QED) is 0.222. The third-order valence-corrected chi connectivity index (χ3v) is 5.59. The summed E-state index contributed by atoms with van der Waals surface area (Å²) in [4.78, 5) is 21.7. The highest BCUT2D eigenvalue weighted by Crippen LogP contribution is 2.18. The number of hydrogen-bond donors (Lipinski definition) is 2. The fourth-order valence-electron chi connectivity index (χ4n) is 3.79. The van der Waals surface area contributed by atoms with Gasteiger partial charge in [0, 0.05) is 50.6 Å². The van der Waals surface area contributed by atoms with Crippen LogP contribution in [0.3, 0.4) is 0 Å². The van der Waals surface area contributed by atoms with Crippen LogP contribution in [0, 0.1) is 17.0 Å². The molecule has 3 rings (SSSR count). The number of nitrogens with one attached hydrogen (secondary N) is 2. The van der Waals surface area contributed by atoms with Crippen molar-refractivity contribution in [3.8, 4) is 0 Å². The van der Waals surface area contributed by atoms with Gasteiger partial charge in [0.05, 0.1) is 4.92 Å². The Kier molecular flexibility index (Phi) is 8.20. The Morgan fingerprint density at radius 1 is 1.19 bits per heavy atom. The average molecular weight is 425 g/mol. The Labute approximate surface area is 183 Å². The van der Waals surface area contributed by atoms with E-state index in [-0.39, 0.29) is 10.6 Å². The molecule has 2 N–H and O–H groups in total. The number of unbranched alkanes of at least 4 members (excludes halogenated alkanes) is 1. The number of nitro groups is 1. The Hall–Kier alpha value is -3.16. The fraction of sp³-hybridized carbons (Fsp3) is 0.478. The molecule has 0 spiro atoms. The third-order valence-electron chi connectivity index (χ3n) is 5.59. The second kappa shape index (κ2) is 11.3. The van der Waals surface area contributed by atoms with Crippen LogP contribution in [0.25, 0.3) is 0 Å². The lowest BCUT2D eigenvalue weighted by molar-refractivity contribution is -0.384. The number of aliphatic imine (C=N–C) groups is 1. The molecule has 2 aromatic rings. The van der Waals surface area contributed by atoms with Gasteiger partial charge in [-0.3, -0.25) is 15.1 Å². The first-order valence-electron chi connectivity index (χ1n) is 10.9. The number of anilines is 1. The molecule has 166 valence electrons. The van der Waals surface area contributed by atoms with E-state index >= 15 is 0 Å². The van der Waals surface area contributed by atoms with Crippen LogP contribution >= 0.6 is 0 Å². The number of aryl methyl sites for hydroxylation is 2. The summed E-state index contributed by atoms with van der Waals surface area (Å²) >= 11 is 0. The molecule has 0 atom stereocenters. The number of guanidine groups is 1. The molecule has 0 aliphatic carbocycles. The van der Waals surface area contributed by atoms with E-state index in [0.29, 0.717) is 6.04 Å². The van der Waals surface area contributed by atoms with Crippen LogP contribution in [0.1, 0.15) is 36.9 Å². The molecule has 0 bridgehead atoms. The summed E-state index contributed by atoms with van der Waals surface area (Å²) in [5.41, 5.74) is 2.32. The molecule has 0 unspecified atom stereocenters. The molecule has 8 heteroatoms. The number of piperidine rings is 1. The largest absolute Gasteiger partial charge is 0.356 e. The lowest BCUT2D eigenvalue weighted by Crippen LogP contribution is -2.49. The van der Waals surface area contributed by atoms with E-state index in [1.165, 1.54) is 0 Å². The first kappa shape index (κ1) is 22.5. The topological polar surface area (TPSA) is 95.7 Å². The van der Waals surface area contributed by atoms with Gasteiger partial charge in [-0.1, -0.05) is 18.2 Å². The predicted molar refractivity (Wildman–Crippen MR) is 125 cm³/mol. The molecule has 1 aliphatic rings. The van der Waals surface area contributed by atoms with Gasteiger partial charge in [-0.15, -0.1) is 0 Å². The Balaban J connectivity index is 1.33. The van der Waals surface area contributed by atoms with Crippen molar-refractivity contribution in [1.82, 2.24) is 15.6 Å². The zero-order valence-electron chi connectivity index (χ0n) is 18.4. The van der Waals surface area contributed by atoms with Crippen LogP contribution in [-0.4, -0.2) is 48.6 Å². The summed E-state index contributed by atoms with van der Waals surface area (Å²) in [5.74, 6) is 1.91. The minimum atomic E-state index is -0.365. The highest BCUT2D eigenvalue weighted by molar-refractivity contribution is 5.79. The lowest BCUT2D eigenvalue weighted by Gasteiger charge is -2.34. The first-order valence-corrected chi connectivity index (χ1v) is 10.9. The minimum Gasteiger partial charge on any atom is -0.356 e. The summed E-state index contributed by atoms with van der Waals surface area (Å²) < 4.78 is 0. The Bertz CT molecular complexity index is 876. The van der Waals surface area contributed by atoms with Gasteiger partial charge < -0.3 is 15.5 Å². The number of aromatic nitrogens is 1. The molecule has 2 heterocycles. The number of hydrogen-bond acceptors (Lipinski definition) is 5. The van der Waals surface area contributed by atoms with Gasteiger partial charge in [0.2, 0.25) is 0 Å². The third kappa shape index (κ3) is 6.94. The highest BCUT2D eigenvalue weighted by atomic mass is 16.6. The average Bonchev–Trinajstić information content (AvgIpc) is 2.79. The van der Waals surface area contributed by atoms with Crippen LogP contribution < -0.4 is 15.5 Å². The molecule has 1 aromatic heterocycles. The molecule has 1 saturated heterocycles. The molecular weight excluding hydrogens is 392 g/mol. The van der Waals surface area contributed by atoms with Crippen molar-refractivity contribution in [2.75, 3.05) is 31.6 Å². The SMILES string of the molecule is CN=C(NCCCCc1ccc([N+](=O)[O-])cc1)NC1CCN(c2cccc(C)n2)CC1. The molecule has 8 nitrogen and oxygen atoms in total. The first-order chi connectivity index (χ1) is 15.0. The van der Waals surface area contributed by atoms with Crippen LogP contribution in [0.5, 0.6) is 0 Å². The number of pyridine rings is 1. The highest BCUT2D eigenvalue weighted by Gasteiger charge is 2.20. The van der Waals surface area contributed by atoms with Gasteiger partial charge in [0.1, 0.15) is 5.82 Å². The summed E-state index contributed by atoms with van der Waals surface area (Å²) in [7, 11) is 1.80. The van der Waals surface area contributed by atoms with Gasteiger partial charge in [-0.2, -0.15) is 0 Å². The van der Waals surface area contributed by atoms with E-state index in [9.17, 15) is 10.1 Å². The van der Waals surface area contributed by atoms with Crippen molar-refractivity contribution >= 4 is 17.5 Å². The minimum absolute atomic E-state index is 0.140. The lowest BCUT2D eigenvalue weighted by atomic mass is 10.1. The smallest absolute Gasteiger partial charge is 0.269 e. The maximum atomic E-state index is 10.7. The van der Waals surface area contributed by atoms with Crippen molar-refractivity contribution in [2.24, 2.45) is 4.99 Å². The van der Waals surface area contributed by atoms with Gasteiger partial charge in [-0.05, 0) is 56.7 Å². The normalized spacial score (nSPS) is 15.0. The standard InChI is InChI=1S/C23H32N6O2/c1-18-6-5-8-22(26-18)28-16-13-20(14-17-28)27-23(24-2)25-15-4-3-7-19-9-11-21(12-10-19)29(30)31/h5-6,8-12,20H,3-4,7,13-17H2,1-2H3,(H2,24,25,27). The van der Waals surface area contributed by atoms with Crippen LogP contribution in [0.15, 0.2) is 47.5 Å². The van der Waals surface area contributed by atoms with E-state index in [2.05, 4.69) is 37.6 Å². The molecule has 1 fully saturated rings. The van der Waals surface area contributed by atoms with E-state index in [4.69, 9.17) is 0 Å². The van der Waals surface area contributed by atoms with Crippen molar-refractivity contribution in [3.05, 3.63) is 63.8 Å². The van der Waals surface area contributed by atoms with Crippen LogP contribution in [0.2, 0.25) is 0 Å². The molecule has 0 amide bonds. The number of nitro benzene ring substituents is 1. The number of non-ortho nitro benzene ring substituents is 1. The predicted octanol–water partition coefficient (Wildman–Crippen LogP) is 3.45. The molecule has 1 aliphatic heterocycles. The number of benzene rings is 1. The maximum absolute atomic E-state index is 10.7. The molecule has 1 aromatic carbocycles. The zero-order chi connectivity index (χ0) is 22.1.